The van der Waals surface area contributed by atoms with E-state index in [-0.39, 0.29) is 6.04 Å². The lowest BCUT2D eigenvalue weighted by molar-refractivity contribution is -0.140. The molecule has 4 aromatic rings. The third-order valence-electron chi connectivity index (χ3n) is 7.77. The Kier molecular flexibility index (Phi) is 6.52. The molecule has 208 valence electrons. The summed E-state index contributed by atoms with van der Waals surface area (Å²) in [6.07, 6.45) is -3.54. The Morgan fingerprint density at radius 2 is 1.59 bits per heavy atom. The number of aromatic nitrogens is 1. The highest BCUT2D eigenvalue weighted by Gasteiger charge is 2.51. The van der Waals surface area contributed by atoms with Crippen LogP contribution in [0, 0.1) is 0 Å². The van der Waals surface area contributed by atoms with Crippen LogP contribution in [0.1, 0.15) is 42.6 Å². The summed E-state index contributed by atoms with van der Waals surface area (Å²) in [4.78, 5) is 21.9. The minimum absolute atomic E-state index is 0.338. The molecule has 0 saturated heterocycles. The number of nitrogens with one attached hydrogen (secondary N) is 1. The van der Waals surface area contributed by atoms with Gasteiger partial charge in [-0.05, 0) is 66.3 Å². The number of pyridine rings is 1. The van der Waals surface area contributed by atoms with Crippen molar-refractivity contribution in [3.63, 3.8) is 0 Å². The van der Waals surface area contributed by atoms with Crippen molar-refractivity contribution >= 4 is 17.5 Å². The first-order valence-electron chi connectivity index (χ1n) is 13.2. The number of alkyl halides is 3. The quantitative estimate of drug-likeness (QED) is 0.246. The van der Waals surface area contributed by atoms with E-state index in [1.54, 1.807) is 24.3 Å². The molecule has 0 radical (unpaired) electrons. The Bertz CT molecular complexity index is 1630. The fraction of sp³-hybridized carbons (Fsp3) is 0.219. The van der Waals surface area contributed by atoms with E-state index in [1.165, 1.54) is 6.07 Å². The Labute approximate surface area is 234 Å². The van der Waals surface area contributed by atoms with Gasteiger partial charge in [0.05, 0.1) is 22.4 Å². The molecule has 1 fully saturated rings. The van der Waals surface area contributed by atoms with Crippen LogP contribution in [0.3, 0.4) is 0 Å². The molecule has 41 heavy (non-hydrogen) atoms. The van der Waals surface area contributed by atoms with E-state index in [9.17, 15) is 23.1 Å². The fourth-order valence-electron chi connectivity index (χ4n) is 5.20. The summed E-state index contributed by atoms with van der Waals surface area (Å²) in [5.41, 5.74) is 3.72. The van der Waals surface area contributed by atoms with E-state index in [0.717, 1.165) is 34.4 Å². The molecule has 2 heterocycles. The molecule has 2 unspecified atom stereocenters. The van der Waals surface area contributed by atoms with Gasteiger partial charge in [-0.1, -0.05) is 71.9 Å². The molecule has 3 aromatic carbocycles. The molecule has 0 amide bonds. The second-order valence-electron chi connectivity index (χ2n) is 10.5. The van der Waals surface area contributed by atoms with Crippen molar-refractivity contribution in [1.82, 2.24) is 4.98 Å². The molecular weight excluding hydrogens is 531 g/mol. The maximum atomic E-state index is 13.2. The van der Waals surface area contributed by atoms with Gasteiger partial charge >= 0.3 is 12.1 Å². The predicted octanol–water partition coefficient (Wildman–Crippen LogP) is 7.48. The van der Waals surface area contributed by atoms with E-state index in [2.05, 4.69) is 15.5 Å². The lowest BCUT2D eigenvalue weighted by Gasteiger charge is -2.21. The molecule has 1 saturated carbocycles. The van der Waals surface area contributed by atoms with Gasteiger partial charge in [0, 0.05) is 5.56 Å². The van der Waals surface area contributed by atoms with Gasteiger partial charge in [0.25, 0.3) is 0 Å². The zero-order chi connectivity index (χ0) is 28.8. The molecule has 2 aliphatic rings. The molecule has 6 nitrogen and oxygen atoms in total. The van der Waals surface area contributed by atoms with Crippen LogP contribution in [0.5, 0.6) is 0 Å². The van der Waals surface area contributed by atoms with Gasteiger partial charge in [-0.2, -0.15) is 13.2 Å². The third-order valence-corrected chi connectivity index (χ3v) is 7.77. The second-order valence-corrected chi connectivity index (χ2v) is 10.5. The van der Waals surface area contributed by atoms with Crippen molar-refractivity contribution in [3.8, 4) is 22.4 Å². The largest absolute Gasteiger partial charge is 0.481 e. The highest BCUT2D eigenvalue weighted by Crippen LogP contribution is 2.48. The molecule has 1 aliphatic heterocycles. The summed E-state index contributed by atoms with van der Waals surface area (Å²) in [7, 11) is 0. The fourth-order valence-corrected chi connectivity index (χ4v) is 5.20. The predicted molar refractivity (Wildman–Crippen MR) is 149 cm³/mol. The minimum atomic E-state index is -4.44. The number of nitrogens with zero attached hydrogens (tertiary/aromatic N) is 2. The molecule has 9 heteroatoms. The van der Waals surface area contributed by atoms with Crippen molar-refractivity contribution in [2.45, 2.75) is 43.5 Å². The number of rotatable bonds is 7. The van der Waals surface area contributed by atoms with E-state index in [0.29, 0.717) is 35.6 Å². The number of aliphatic carboxylic acids is 1. The average molecular weight is 558 g/mol. The molecule has 1 aliphatic carbocycles. The van der Waals surface area contributed by atoms with E-state index in [4.69, 9.17) is 4.84 Å². The third kappa shape index (κ3) is 5.15. The highest BCUT2D eigenvalue weighted by atomic mass is 19.4. The van der Waals surface area contributed by atoms with E-state index < -0.39 is 29.2 Å². The van der Waals surface area contributed by atoms with Gasteiger partial charge < -0.3 is 15.3 Å². The molecule has 1 aromatic heterocycles. The lowest BCUT2D eigenvalue weighted by Crippen LogP contribution is -2.31. The first-order chi connectivity index (χ1) is 19.6. The highest BCUT2D eigenvalue weighted by molar-refractivity contribution is 5.91. The summed E-state index contributed by atoms with van der Waals surface area (Å²) < 4.78 is 39.6. The van der Waals surface area contributed by atoms with Gasteiger partial charge in [-0.15, -0.1) is 0 Å². The van der Waals surface area contributed by atoms with Crippen LogP contribution in [0.2, 0.25) is 0 Å². The van der Waals surface area contributed by atoms with Crippen molar-refractivity contribution in [3.05, 3.63) is 108 Å². The molecule has 0 spiro atoms. The summed E-state index contributed by atoms with van der Waals surface area (Å²) in [5.74, 6) is -0.286. The normalized spacial score (nSPS) is 19.3. The van der Waals surface area contributed by atoms with Crippen molar-refractivity contribution in [2.24, 2.45) is 5.16 Å². The molecule has 0 bridgehead atoms. The Hall–Kier alpha value is -4.66. The maximum Gasteiger partial charge on any atom is 0.416 e. The SMILES string of the molecule is CC1=NOC(c2ccc(-c3ccc(C4(C(=O)O)CC4)cc3)cc2)C1Nc1cccc(-c2cccc(C(F)(F)F)c2)n1. The van der Waals surface area contributed by atoms with Crippen LogP contribution >= 0.6 is 0 Å². The van der Waals surface area contributed by atoms with Crippen molar-refractivity contribution in [1.29, 1.82) is 0 Å². The van der Waals surface area contributed by atoms with Gasteiger partial charge in [0.15, 0.2) is 6.10 Å². The van der Waals surface area contributed by atoms with Gasteiger partial charge in [-0.3, -0.25) is 4.79 Å². The molecule has 2 N–H and O–H groups in total. The van der Waals surface area contributed by atoms with Gasteiger partial charge in [-0.25, -0.2) is 4.98 Å². The summed E-state index contributed by atoms with van der Waals surface area (Å²) in [5, 5.41) is 17.1. The first kappa shape index (κ1) is 26.6. The Morgan fingerprint density at radius 3 is 2.22 bits per heavy atom. The zero-order valence-corrected chi connectivity index (χ0v) is 22.0. The number of anilines is 1. The van der Waals surface area contributed by atoms with Crippen LogP contribution in [0.25, 0.3) is 22.4 Å². The smallest absolute Gasteiger partial charge is 0.416 e. The number of benzene rings is 3. The second kappa shape index (κ2) is 10.1. The molecular formula is C32H26F3N3O3. The number of oxime groups is 1. The summed E-state index contributed by atoms with van der Waals surface area (Å²) in [6, 6.07) is 25.5. The Morgan fingerprint density at radius 1 is 0.927 bits per heavy atom. The molecule has 2 atom stereocenters. The summed E-state index contributed by atoms with van der Waals surface area (Å²) >= 11 is 0. The van der Waals surface area contributed by atoms with E-state index >= 15 is 0 Å². The van der Waals surface area contributed by atoms with E-state index in [1.807, 2.05) is 55.5 Å². The van der Waals surface area contributed by atoms with Crippen LogP contribution in [0.4, 0.5) is 19.0 Å². The van der Waals surface area contributed by atoms with Crippen molar-refractivity contribution < 1.29 is 27.9 Å². The number of carboxylic acid groups (broad SMARTS) is 1. The molecule has 6 rings (SSSR count). The maximum absolute atomic E-state index is 13.2. The number of hydrogen-bond donors (Lipinski definition) is 2. The summed E-state index contributed by atoms with van der Waals surface area (Å²) in [6.45, 7) is 1.84. The van der Waals surface area contributed by atoms with Crippen LogP contribution in [-0.2, 0) is 21.2 Å². The topological polar surface area (TPSA) is 83.8 Å². The van der Waals surface area contributed by atoms with Gasteiger partial charge in [0.2, 0.25) is 0 Å². The number of hydrogen-bond acceptors (Lipinski definition) is 5. The van der Waals surface area contributed by atoms with Gasteiger partial charge in [0.1, 0.15) is 11.9 Å². The standard InChI is InChI=1S/C32H26F3N3O3/c1-19-28(37-27-7-3-6-26(36-27)23-4-2-5-25(18-23)32(33,34)35)29(41-38-19)22-10-8-20(9-11-22)21-12-14-24(15-13-21)31(16-17-31)30(39)40/h2-15,18,28-29H,16-17H2,1H3,(H,36,37)(H,39,40). The minimum Gasteiger partial charge on any atom is -0.481 e. The zero-order valence-electron chi connectivity index (χ0n) is 22.0. The number of halogens is 3. The average Bonchev–Trinajstić information content (AvgIpc) is 3.72. The van der Waals surface area contributed by atoms with Crippen LogP contribution < -0.4 is 5.32 Å². The van der Waals surface area contributed by atoms with Crippen molar-refractivity contribution in [2.75, 3.05) is 5.32 Å². The lowest BCUT2D eigenvalue weighted by atomic mass is 9.93. The van der Waals surface area contributed by atoms with Crippen LogP contribution in [0.15, 0.2) is 96.2 Å². The Balaban J connectivity index is 1.19. The number of carbonyl (C=O) groups is 1. The monoisotopic (exact) mass is 557 g/mol. The van der Waals surface area contributed by atoms with Crippen LogP contribution in [-0.4, -0.2) is 27.8 Å². The first-order valence-corrected chi connectivity index (χ1v) is 13.2. The number of carboxylic acids is 1.